The molecule has 11 heteroatoms. The van der Waals surface area contributed by atoms with Crippen molar-refractivity contribution in [3.05, 3.63) is 47.5 Å². The van der Waals surface area contributed by atoms with E-state index in [0.717, 1.165) is 10.3 Å². The lowest BCUT2D eigenvalue weighted by molar-refractivity contribution is 0.262. The molecule has 4 rings (SSSR count). The Kier molecular flexibility index (Phi) is 5.89. The van der Waals surface area contributed by atoms with Gasteiger partial charge in [0.1, 0.15) is 10.3 Å². The number of carbonyl (C=O) groups excluding carboxylic acids is 1. The molecule has 0 spiro atoms. The van der Waals surface area contributed by atoms with Crippen LogP contribution in [-0.2, 0) is 0 Å². The second kappa shape index (κ2) is 8.52. The standard InChI is InChI=1S/C14H9ClN8OS.C2H6/c15-10-3-8(5-16-12(10)23-19-1-2-20-23)21-14(24)22-9-4-11-13(17-6-9)25-7-18-11;1-2/h1-7H,(H2,21,22,24);1-2H3. The van der Waals surface area contributed by atoms with Crippen molar-refractivity contribution in [1.29, 1.82) is 0 Å². The molecule has 0 unspecified atom stereocenters. The first-order chi connectivity index (χ1) is 13.2. The maximum absolute atomic E-state index is 12.1. The van der Waals surface area contributed by atoms with E-state index in [1.807, 2.05) is 13.8 Å². The molecule has 9 nitrogen and oxygen atoms in total. The smallest absolute Gasteiger partial charge is 0.306 e. The lowest BCUT2D eigenvalue weighted by atomic mass is 10.4. The Balaban J connectivity index is 0.00000102. The molecule has 0 aromatic carbocycles. The summed E-state index contributed by atoms with van der Waals surface area (Å²) in [6, 6.07) is 2.87. The van der Waals surface area contributed by atoms with Crippen LogP contribution in [-0.4, -0.2) is 36.0 Å². The number of nitrogens with one attached hydrogen (secondary N) is 2. The van der Waals surface area contributed by atoms with Crippen molar-refractivity contribution in [3.8, 4) is 5.82 Å². The number of halogens is 1. The van der Waals surface area contributed by atoms with Crippen LogP contribution in [0, 0.1) is 0 Å². The zero-order valence-corrected chi connectivity index (χ0v) is 16.0. The fourth-order valence-electron chi connectivity index (χ4n) is 2.09. The number of thiazole rings is 1. The van der Waals surface area contributed by atoms with Gasteiger partial charge < -0.3 is 10.6 Å². The van der Waals surface area contributed by atoms with E-state index in [1.165, 1.54) is 34.7 Å². The van der Waals surface area contributed by atoms with Gasteiger partial charge >= 0.3 is 6.03 Å². The van der Waals surface area contributed by atoms with Crippen molar-refractivity contribution in [2.75, 3.05) is 10.6 Å². The quantitative estimate of drug-likeness (QED) is 0.536. The third-order valence-electron chi connectivity index (χ3n) is 3.13. The van der Waals surface area contributed by atoms with E-state index < -0.39 is 6.03 Å². The average Bonchev–Trinajstić information content (AvgIpc) is 3.35. The summed E-state index contributed by atoms with van der Waals surface area (Å²) in [5.41, 5.74) is 3.39. The first-order valence-electron chi connectivity index (χ1n) is 7.98. The lowest BCUT2D eigenvalue weighted by Gasteiger charge is -2.08. The summed E-state index contributed by atoms with van der Waals surface area (Å²) in [5, 5.41) is 13.6. The van der Waals surface area contributed by atoms with Gasteiger partial charge in [-0.1, -0.05) is 25.4 Å². The predicted octanol–water partition coefficient (Wildman–Crippen LogP) is 3.99. The number of pyridine rings is 2. The molecule has 4 aromatic rings. The minimum atomic E-state index is -0.445. The van der Waals surface area contributed by atoms with Gasteiger partial charge in [-0.15, -0.1) is 16.1 Å². The highest BCUT2D eigenvalue weighted by atomic mass is 35.5. The number of hydrogen-bond acceptors (Lipinski definition) is 7. The van der Waals surface area contributed by atoms with Crippen LogP contribution in [0.25, 0.3) is 16.2 Å². The van der Waals surface area contributed by atoms with Crippen molar-refractivity contribution in [3.63, 3.8) is 0 Å². The van der Waals surface area contributed by atoms with Gasteiger partial charge in [0.2, 0.25) is 0 Å². The molecule has 4 aromatic heterocycles. The average molecular weight is 403 g/mol. The number of rotatable bonds is 3. The van der Waals surface area contributed by atoms with Gasteiger partial charge in [0, 0.05) is 0 Å². The molecule has 0 bridgehead atoms. The topological polar surface area (TPSA) is 111 Å². The summed E-state index contributed by atoms with van der Waals surface area (Å²) in [4.78, 5) is 26.8. The second-order valence-electron chi connectivity index (χ2n) is 4.83. The number of amides is 2. The monoisotopic (exact) mass is 402 g/mol. The van der Waals surface area contributed by atoms with Crippen LogP contribution >= 0.6 is 22.9 Å². The normalized spacial score (nSPS) is 10.2. The molecule has 0 saturated carbocycles. The van der Waals surface area contributed by atoms with E-state index >= 15 is 0 Å². The van der Waals surface area contributed by atoms with E-state index in [-0.39, 0.29) is 0 Å². The van der Waals surface area contributed by atoms with Crippen LogP contribution in [0.4, 0.5) is 16.2 Å². The predicted molar refractivity (Wildman–Crippen MR) is 106 cm³/mol. The van der Waals surface area contributed by atoms with Crippen molar-refractivity contribution in [1.82, 2.24) is 29.9 Å². The molecular weight excluding hydrogens is 388 g/mol. The van der Waals surface area contributed by atoms with Gasteiger partial charge in [-0.3, -0.25) is 0 Å². The third kappa shape index (κ3) is 4.36. The Hall–Kier alpha value is -3.11. The zero-order chi connectivity index (χ0) is 19.2. The Morgan fingerprint density at radius 1 is 1.04 bits per heavy atom. The van der Waals surface area contributed by atoms with Gasteiger partial charge in [0.05, 0.1) is 46.7 Å². The van der Waals surface area contributed by atoms with Gasteiger partial charge in [0.15, 0.2) is 5.82 Å². The molecule has 27 heavy (non-hydrogen) atoms. The number of nitrogens with zero attached hydrogens (tertiary/aromatic N) is 6. The fraction of sp³-hybridized carbons (Fsp3) is 0.125. The van der Waals surface area contributed by atoms with Crippen molar-refractivity contribution in [2.45, 2.75) is 13.8 Å². The van der Waals surface area contributed by atoms with Crippen molar-refractivity contribution >= 4 is 50.7 Å². The molecule has 0 aliphatic carbocycles. The lowest BCUT2D eigenvalue weighted by Crippen LogP contribution is -2.19. The van der Waals surface area contributed by atoms with E-state index in [0.29, 0.717) is 22.2 Å². The number of anilines is 2. The Morgan fingerprint density at radius 3 is 2.41 bits per heavy atom. The van der Waals surface area contributed by atoms with E-state index in [1.54, 1.807) is 23.8 Å². The summed E-state index contributed by atoms with van der Waals surface area (Å²) in [6.07, 6.45) is 6.07. The van der Waals surface area contributed by atoms with Gasteiger partial charge in [-0.05, 0) is 12.1 Å². The van der Waals surface area contributed by atoms with Crippen LogP contribution in [0.2, 0.25) is 5.02 Å². The molecule has 138 valence electrons. The van der Waals surface area contributed by atoms with Crippen molar-refractivity contribution < 1.29 is 4.79 Å². The molecule has 2 amide bonds. The minimum absolute atomic E-state index is 0.305. The SMILES string of the molecule is CC.O=C(Nc1cnc(-n2nccn2)c(Cl)c1)Nc1cnc2scnc2c1. The van der Waals surface area contributed by atoms with Crippen LogP contribution in [0.3, 0.4) is 0 Å². The number of fused-ring (bicyclic) bond motifs is 1. The zero-order valence-electron chi connectivity index (χ0n) is 14.4. The molecule has 0 aliphatic rings. The fourth-order valence-corrected chi connectivity index (χ4v) is 2.94. The molecule has 0 aliphatic heterocycles. The van der Waals surface area contributed by atoms with Crippen molar-refractivity contribution in [2.24, 2.45) is 0 Å². The maximum Gasteiger partial charge on any atom is 0.323 e. The van der Waals surface area contributed by atoms with Gasteiger partial charge in [-0.2, -0.15) is 10.2 Å². The molecule has 0 saturated heterocycles. The molecule has 0 radical (unpaired) electrons. The number of aromatic nitrogens is 6. The number of hydrogen-bond donors (Lipinski definition) is 2. The van der Waals surface area contributed by atoms with Gasteiger partial charge in [-0.25, -0.2) is 19.7 Å². The highest BCUT2D eigenvalue weighted by molar-refractivity contribution is 7.16. The molecule has 0 atom stereocenters. The highest BCUT2D eigenvalue weighted by Gasteiger charge is 2.10. The van der Waals surface area contributed by atoms with E-state index in [2.05, 4.69) is 35.8 Å². The summed E-state index contributed by atoms with van der Waals surface area (Å²) < 4.78 is 0. The van der Waals surface area contributed by atoms with Crippen LogP contribution in [0.15, 0.2) is 42.4 Å². The molecular formula is C16H15ClN8OS. The largest absolute Gasteiger partial charge is 0.323 e. The first kappa shape index (κ1) is 18.7. The molecule has 0 fully saturated rings. The van der Waals surface area contributed by atoms with Crippen LogP contribution in [0.1, 0.15) is 13.8 Å². The van der Waals surface area contributed by atoms with Crippen LogP contribution in [0.5, 0.6) is 0 Å². The Bertz CT molecular complexity index is 1050. The van der Waals surface area contributed by atoms with E-state index in [4.69, 9.17) is 11.6 Å². The van der Waals surface area contributed by atoms with Gasteiger partial charge in [0.25, 0.3) is 0 Å². The second-order valence-corrected chi connectivity index (χ2v) is 6.07. The third-order valence-corrected chi connectivity index (χ3v) is 4.16. The molecule has 2 N–H and O–H groups in total. The maximum atomic E-state index is 12.1. The summed E-state index contributed by atoms with van der Waals surface area (Å²) >= 11 is 7.60. The highest BCUT2D eigenvalue weighted by Crippen LogP contribution is 2.21. The number of urea groups is 1. The molecule has 4 heterocycles. The summed E-state index contributed by atoms with van der Waals surface area (Å²) in [7, 11) is 0. The Morgan fingerprint density at radius 2 is 1.70 bits per heavy atom. The minimum Gasteiger partial charge on any atom is -0.306 e. The van der Waals surface area contributed by atoms with E-state index in [9.17, 15) is 4.79 Å². The summed E-state index contributed by atoms with van der Waals surface area (Å²) in [6.45, 7) is 4.00. The summed E-state index contributed by atoms with van der Waals surface area (Å²) in [5.74, 6) is 0.371. The number of carbonyl (C=O) groups is 1. The first-order valence-corrected chi connectivity index (χ1v) is 9.24. The Labute approximate surface area is 163 Å². The van der Waals surface area contributed by atoms with Crippen LogP contribution < -0.4 is 10.6 Å².